The summed E-state index contributed by atoms with van der Waals surface area (Å²) in [5.74, 6) is 0.695. The van der Waals surface area contributed by atoms with E-state index in [2.05, 4.69) is 20.3 Å². The second-order valence-electron chi connectivity index (χ2n) is 7.05. The molecule has 0 spiro atoms. The summed E-state index contributed by atoms with van der Waals surface area (Å²) >= 11 is 1.27. The van der Waals surface area contributed by atoms with Crippen molar-refractivity contribution in [2.75, 3.05) is 37.5 Å². The second-order valence-corrected chi connectivity index (χ2v) is 8.89. The largest absolute Gasteiger partial charge is 0.394 e. The van der Waals surface area contributed by atoms with Gasteiger partial charge in [0.25, 0.3) is 0 Å². The highest BCUT2D eigenvalue weighted by Gasteiger charge is 2.37. The molecule has 0 aromatic carbocycles. The van der Waals surface area contributed by atoms with Crippen LogP contribution in [0.3, 0.4) is 0 Å². The maximum Gasteiger partial charge on any atom is 0.222 e. The number of nitrogens with one attached hydrogen (secondary N) is 1. The molecule has 2 N–H and O–H groups in total. The fourth-order valence-electron chi connectivity index (χ4n) is 3.14. The lowest BCUT2D eigenvalue weighted by Crippen LogP contribution is -2.25. The summed E-state index contributed by atoms with van der Waals surface area (Å²) in [6.07, 6.45) is 2.55. The van der Waals surface area contributed by atoms with Gasteiger partial charge in [-0.2, -0.15) is 0 Å². The number of imidazole rings is 1. The maximum atomic E-state index is 11.4. The van der Waals surface area contributed by atoms with Gasteiger partial charge in [-0.25, -0.2) is 15.0 Å². The van der Waals surface area contributed by atoms with Crippen LogP contribution in [0.4, 0.5) is 5.82 Å². The Bertz CT molecular complexity index is 933. The number of aliphatic hydroxyl groups excluding tert-OH is 1. The minimum atomic E-state index is -0.524. The molecular formula is C19H28N5O7PS. The van der Waals surface area contributed by atoms with Crippen molar-refractivity contribution in [1.29, 1.82) is 0 Å². The molecule has 1 saturated heterocycles. The van der Waals surface area contributed by atoms with Crippen molar-refractivity contribution in [2.24, 2.45) is 0 Å². The molecule has 1 amide bonds. The first-order chi connectivity index (χ1) is 16.0. The minimum Gasteiger partial charge on any atom is -0.394 e. The summed E-state index contributed by atoms with van der Waals surface area (Å²) in [7, 11) is -0.234. The maximum absolute atomic E-state index is 11.4. The first-order valence-electron chi connectivity index (χ1n) is 10.5. The van der Waals surface area contributed by atoms with Gasteiger partial charge in [0.05, 0.1) is 38.9 Å². The Morgan fingerprint density at radius 3 is 2.94 bits per heavy atom. The van der Waals surface area contributed by atoms with Crippen LogP contribution in [0.1, 0.15) is 32.9 Å². The predicted octanol–water partition coefficient (Wildman–Crippen LogP) is 1.66. The van der Waals surface area contributed by atoms with Crippen molar-refractivity contribution in [3.8, 4) is 0 Å². The monoisotopic (exact) mass is 501 g/mol. The van der Waals surface area contributed by atoms with Gasteiger partial charge in [0.2, 0.25) is 5.91 Å². The lowest BCUT2D eigenvalue weighted by Gasteiger charge is -2.16. The fraction of sp³-hybridized carbons (Fsp3) is 0.632. The zero-order chi connectivity index (χ0) is 23.6. The molecule has 2 aromatic heterocycles. The third-order valence-electron chi connectivity index (χ3n) is 4.69. The van der Waals surface area contributed by atoms with Gasteiger partial charge in [-0.15, -0.1) is 0 Å². The molecule has 0 bridgehead atoms. The van der Waals surface area contributed by atoms with Crippen molar-refractivity contribution in [3.05, 3.63) is 12.7 Å². The number of amides is 1. The van der Waals surface area contributed by atoms with Gasteiger partial charge in [-0.1, -0.05) is 18.7 Å². The number of hydrogen-bond donors (Lipinski definition) is 2. The number of hydrogen-bond acceptors (Lipinski definition) is 11. The van der Waals surface area contributed by atoms with E-state index < -0.39 is 12.3 Å². The Kier molecular flexibility index (Phi) is 10.4. The summed E-state index contributed by atoms with van der Waals surface area (Å²) in [4.78, 5) is 35.2. The molecule has 1 fully saturated rings. The van der Waals surface area contributed by atoms with Gasteiger partial charge in [0, 0.05) is 25.5 Å². The third-order valence-corrected chi connectivity index (χ3v) is 6.39. The van der Waals surface area contributed by atoms with Crippen LogP contribution in [-0.2, 0) is 28.1 Å². The van der Waals surface area contributed by atoms with E-state index in [9.17, 15) is 14.7 Å². The van der Waals surface area contributed by atoms with Gasteiger partial charge in [-0.3, -0.25) is 14.2 Å². The summed E-state index contributed by atoms with van der Waals surface area (Å²) < 4.78 is 24.4. The van der Waals surface area contributed by atoms with Gasteiger partial charge < -0.3 is 28.9 Å². The molecule has 0 saturated carbocycles. The van der Waals surface area contributed by atoms with E-state index in [1.54, 1.807) is 10.9 Å². The Labute approximate surface area is 197 Å². The van der Waals surface area contributed by atoms with Crippen LogP contribution in [-0.4, -0.2) is 80.0 Å². The van der Waals surface area contributed by atoms with Gasteiger partial charge in [0.15, 0.2) is 31.1 Å². The number of aliphatic hydroxyl groups is 1. The molecule has 4 atom stereocenters. The van der Waals surface area contributed by atoms with Crippen LogP contribution >= 0.6 is 20.8 Å². The van der Waals surface area contributed by atoms with Crippen LogP contribution in [0.25, 0.3) is 11.2 Å². The molecule has 0 aliphatic carbocycles. The molecule has 3 rings (SSSR count). The van der Waals surface area contributed by atoms with E-state index in [1.165, 1.54) is 25.0 Å². The Balaban J connectivity index is 1.44. The Morgan fingerprint density at radius 1 is 1.33 bits per heavy atom. The first kappa shape index (κ1) is 25.9. The van der Waals surface area contributed by atoms with Crippen LogP contribution in [0, 0.1) is 0 Å². The van der Waals surface area contributed by atoms with Crippen molar-refractivity contribution in [1.82, 2.24) is 19.5 Å². The molecular weight excluding hydrogens is 473 g/mol. The van der Waals surface area contributed by atoms with Crippen LogP contribution in [0.2, 0.25) is 0 Å². The number of anilines is 1. The lowest BCUT2D eigenvalue weighted by atomic mass is 10.2. The van der Waals surface area contributed by atoms with Crippen molar-refractivity contribution in [2.45, 2.75) is 45.1 Å². The third kappa shape index (κ3) is 7.38. The molecule has 1 aliphatic heterocycles. The number of nitrogens with zero attached hydrogens (tertiary/aromatic N) is 4. The highest BCUT2D eigenvalue weighted by molar-refractivity contribution is 8.13. The SMILES string of the molecule is CCC(=O)SCCOCCOPO[C@@H]1C[C@H](n2cnc3c(NC(C)=O)ncnc32)O[C@@H]1CO. The van der Waals surface area contributed by atoms with Crippen molar-refractivity contribution < 1.29 is 33.2 Å². The minimum absolute atomic E-state index is 0.157. The average Bonchev–Trinajstić information content (AvgIpc) is 3.41. The number of carbonyl (C=O) groups is 2. The predicted molar refractivity (Wildman–Crippen MR) is 123 cm³/mol. The number of fused-ring (bicyclic) bond motifs is 1. The van der Waals surface area contributed by atoms with E-state index >= 15 is 0 Å². The number of rotatable bonds is 13. The molecule has 182 valence electrons. The molecule has 0 radical (unpaired) electrons. The number of carbonyl (C=O) groups excluding carboxylic acids is 2. The van der Waals surface area contributed by atoms with Crippen LogP contribution < -0.4 is 5.32 Å². The number of aromatic nitrogens is 4. The molecule has 12 nitrogen and oxygen atoms in total. The summed E-state index contributed by atoms with van der Waals surface area (Å²) in [5, 5.41) is 12.5. The Hall–Kier alpha value is -1.73. The Morgan fingerprint density at radius 2 is 2.18 bits per heavy atom. The molecule has 3 heterocycles. The number of ether oxygens (including phenoxy) is 2. The standard InChI is InChI=1S/C19H28N5O7PS/c1-3-16(27)33-7-6-28-4-5-29-32-31-13-8-15(30-14(13)9-25)24-11-22-17-18(23-12(2)26)20-10-21-19(17)24/h10-11,13-15,25,32H,3-9H2,1-2H3,(H,20,21,23,26)/t13-,14-,15-/m1/s1. The van der Waals surface area contributed by atoms with Gasteiger partial charge >= 0.3 is 0 Å². The highest BCUT2D eigenvalue weighted by atomic mass is 32.2. The number of thioether (sulfide) groups is 1. The normalized spacial score (nSPS) is 20.8. The summed E-state index contributed by atoms with van der Waals surface area (Å²) in [6.45, 7) is 4.27. The molecule has 1 aliphatic rings. The zero-order valence-electron chi connectivity index (χ0n) is 18.4. The van der Waals surface area contributed by atoms with Gasteiger partial charge in [0.1, 0.15) is 18.7 Å². The average molecular weight is 502 g/mol. The topological polar surface area (TPSA) is 147 Å². The fourth-order valence-corrected chi connectivity index (χ4v) is 4.38. The quantitative estimate of drug-likeness (QED) is 0.305. The zero-order valence-corrected chi connectivity index (χ0v) is 20.2. The lowest BCUT2D eigenvalue weighted by molar-refractivity contribution is -0.114. The highest BCUT2D eigenvalue weighted by Crippen LogP contribution is 2.36. The smallest absolute Gasteiger partial charge is 0.222 e. The van der Waals surface area contributed by atoms with Crippen molar-refractivity contribution >= 4 is 48.8 Å². The first-order valence-corrected chi connectivity index (χ1v) is 12.3. The molecule has 14 heteroatoms. The van der Waals surface area contributed by atoms with E-state index in [4.69, 9.17) is 18.5 Å². The van der Waals surface area contributed by atoms with E-state index in [0.717, 1.165) is 0 Å². The van der Waals surface area contributed by atoms with Crippen LogP contribution in [0.5, 0.6) is 0 Å². The van der Waals surface area contributed by atoms with E-state index in [1.807, 2.05) is 6.92 Å². The second kappa shape index (κ2) is 13.2. The van der Waals surface area contributed by atoms with Crippen molar-refractivity contribution in [3.63, 3.8) is 0 Å². The van der Waals surface area contributed by atoms with Crippen LogP contribution in [0.15, 0.2) is 12.7 Å². The molecule has 33 heavy (non-hydrogen) atoms. The van der Waals surface area contributed by atoms with E-state index in [0.29, 0.717) is 55.4 Å². The molecule has 2 aromatic rings. The van der Waals surface area contributed by atoms with E-state index in [-0.39, 0.29) is 32.8 Å². The summed E-state index contributed by atoms with van der Waals surface area (Å²) in [5.41, 5.74) is 0.953. The summed E-state index contributed by atoms with van der Waals surface area (Å²) in [6, 6.07) is 0. The van der Waals surface area contributed by atoms with Gasteiger partial charge in [-0.05, 0) is 0 Å². The molecule has 1 unspecified atom stereocenters.